The molecule has 1 saturated heterocycles. The van der Waals surface area contributed by atoms with Crippen molar-refractivity contribution in [3.8, 4) is 11.6 Å². The average Bonchev–Trinajstić information content (AvgIpc) is 3.16. The number of rotatable bonds is 5. The van der Waals surface area contributed by atoms with Gasteiger partial charge in [-0.2, -0.15) is 0 Å². The zero-order valence-corrected chi connectivity index (χ0v) is 18.3. The van der Waals surface area contributed by atoms with E-state index in [0.717, 1.165) is 48.7 Å². The number of fused-ring (bicyclic) bond motifs is 1. The van der Waals surface area contributed by atoms with Crippen molar-refractivity contribution in [1.82, 2.24) is 4.98 Å². The summed E-state index contributed by atoms with van der Waals surface area (Å²) in [5.74, 6) is 1.38. The number of benzene rings is 2. The molecule has 3 heterocycles. The number of piperidine rings is 1. The van der Waals surface area contributed by atoms with Gasteiger partial charge in [-0.15, -0.1) is 0 Å². The first-order valence-electron chi connectivity index (χ1n) is 10.5. The molecule has 1 atom stereocenters. The lowest BCUT2D eigenvalue weighted by molar-refractivity contribution is 0.0818. The molecule has 0 aliphatic carbocycles. The second kappa shape index (κ2) is 8.78. The number of methoxy groups -OCH3 is 1. The molecular formula is C24H26N4O2S. The normalized spacial score (nSPS) is 18.8. The minimum Gasteiger partial charge on any atom is -0.437 e. The van der Waals surface area contributed by atoms with E-state index in [9.17, 15) is 0 Å². The zero-order valence-electron chi connectivity index (χ0n) is 17.5. The highest BCUT2D eigenvalue weighted by Gasteiger charge is 2.28. The highest BCUT2D eigenvalue weighted by atomic mass is 32.2. The van der Waals surface area contributed by atoms with Crippen LogP contribution in [0.1, 0.15) is 12.8 Å². The summed E-state index contributed by atoms with van der Waals surface area (Å²) >= 11 is 1.67. The largest absolute Gasteiger partial charge is 0.437 e. The van der Waals surface area contributed by atoms with E-state index in [4.69, 9.17) is 15.2 Å². The lowest BCUT2D eigenvalue weighted by Crippen LogP contribution is -2.36. The van der Waals surface area contributed by atoms with E-state index in [0.29, 0.717) is 12.0 Å². The summed E-state index contributed by atoms with van der Waals surface area (Å²) in [6.45, 7) is 1.87. The van der Waals surface area contributed by atoms with Gasteiger partial charge >= 0.3 is 0 Å². The summed E-state index contributed by atoms with van der Waals surface area (Å²) in [6, 6.07) is 20.4. The molecule has 1 fully saturated rings. The van der Waals surface area contributed by atoms with Gasteiger partial charge in [-0.3, -0.25) is 0 Å². The molecule has 6 nitrogen and oxygen atoms in total. The van der Waals surface area contributed by atoms with Crippen LogP contribution in [0.3, 0.4) is 0 Å². The molecular weight excluding hydrogens is 408 g/mol. The van der Waals surface area contributed by atoms with Gasteiger partial charge in [-0.05, 0) is 61.4 Å². The van der Waals surface area contributed by atoms with Crippen molar-refractivity contribution in [2.75, 3.05) is 30.0 Å². The van der Waals surface area contributed by atoms with E-state index in [1.165, 1.54) is 4.90 Å². The highest BCUT2D eigenvalue weighted by molar-refractivity contribution is 8.00. The number of thioether (sulfide) groups is 1. The number of aromatic nitrogens is 1. The molecule has 2 aliphatic heterocycles. The fourth-order valence-electron chi connectivity index (χ4n) is 4.18. The van der Waals surface area contributed by atoms with Gasteiger partial charge in [0.1, 0.15) is 16.9 Å². The Labute approximate surface area is 187 Å². The molecule has 7 heteroatoms. The summed E-state index contributed by atoms with van der Waals surface area (Å²) in [5.41, 5.74) is 9.44. The standard InChI is InChI=1S/C24H26N4O2S/c1-29-18-12-15-27(16-13-18)21-6-4-14-26-23(21)30-19-10-8-17(9-11-19)28-20-5-2-3-7-22(20)31-24(28)25/h2-11,14,18,24H,12-13,15-16,25H2,1H3. The fraction of sp³-hybridized carbons (Fsp3) is 0.292. The van der Waals surface area contributed by atoms with E-state index in [1.54, 1.807) is 25.1 Å². The van der Waals surface area contributed by atoms with Gasteiger partial charge in [0.25, 0.3) is 0 Å². The Hall–Kier alpha value is -2.74. The van der Waals surface area contributed by atoms with Crippen LogP contribution in [0.25, 0.3) is 0 Å². The van der Waals surface area contributed by atoms with Crippen LogP contribution in [0.2, 0.25) is 0 Å². The van der Waals surface area contributed by atoms with Crippen molar-refractivity contribution in [1.29, 1.82) is 0 Å². The zero-order chi connectivity index (χ0) is 21.2. The number of hydrogen-bond donors (Lipinski definition) is 1. The van der Waals surface area contributed by atoms with E-state index >= 15 is 0 Å². The molecule has 2 N–H and O–H groups in total. The molecule has 0 spiro atoms. The maximum absolute atomic E-state index is 6.38. The number of pyridine rings is 1. The van der Waals surface area contributed by atoms with Gasteiger partial charge in [0.2, 0.25) is 5.88 Å². The van der Waals surface area contributed by atoms with Crippen LogP contribution in [0, 0.1) is 0 Å². The summed E-state index contributed by atoms with van der Waals surface area (Å²) in [6.07, 6.45) is 4.13. The van der Waals surface area contributed by atoms with Gasteiger partial charge in [-0.25, -0.2) is 4.98 Å². The van der Waals surface area contributed by atoms with Crippen LogP contribution in [-0.2, 0) is 4.74 Å². The second-order valence-corrected chi connectivity index (χ2v) is 8.85. The quantitative estimate of drug-likeness (QED) is 0.608. The van der Waals surface area contributed by atoms with E-state index in [-0.39, 0.29) is 5.50 Å². The second-order valence-electron chi connectivity index (χ2n) is 7.69. The van der Waals surface area contributed by atoms with Crippen LogP contribution in [0.4, 0.5) is 17.1 Å². The monoisotopic (exact) mass is 434 g/mol. The van der Waals surface area contributed by atoms with Crippen LogP contribution in [-0.4, -0.2) is 36.8 Å². The van der Waals surface area contributed by atoms with Crippen LogP contribution >= 0.6 is 11.8 Å². The molecule has 0 radical (unpaired) electrons. The third-order valence-electron chi connectivity index (χ3n) is 5.82. The smallest absolute Gasteiger partial charge is 0.243 e. The molecule has 0 saturated carbocycles. The van der Waals surface area contributed by atoms with Crippen LogP contribution in [0.5, 0.6) is 11.6 Å². The van der Waals surface area contributed by atoms with Gasteiger partial charge in [0.15, 0.2) is 0 Å². The number of para-hydroxylation sites is 1. The van der Waals surface area contributed by atoms with E-state index in [2.05, 4.69) is 33.0 Å². The minimum atomic E-state index is -0.137. The summed E-state index contributed by atoms with van der Waals surface area (Å²) in [5, 5.41) is 0. The Bertz CT molecular complexity index is 1040. The van der Waals surface area contributed by atoms with Crippen molar-refractivity contribution >= 4 is 28.8 Å². The molecule has 1 aromatic heterocycles. The lowest BCUT2D eigenvalue weighted by atomic mass is 10.1. The number of nitrogens with zero attached hydrogens (tertiary/aromatic N) is 3. The molecule has 1 unspecified atom stereocenters. The van der Waals surface area contributed by atoms with Gasteiger partial charge in [0.05, 0.1) is 11.8 Å². The molecule has 5 rings (SSSR count). The Morgan fingerprint density at radius 2 is 1.71 bits per heavy atom. The Morgan fingerprint density at radius 1 is 0.968 bits per heavy atom. The van der Waals surface area contributed by atoms with Crippen LogP contribution in [0.15, 0.2) is 71.8 Å². The summed E-state index contributed by atoms with van der Waals surface area (Å²) < 4.78 is 11.7. The number of hydrogen-bond acceptors (Lipinski definition) is 7. The lowest BCUT2D eigenvalue weighted by Gasteiger charge is -2.33. The van der Waals surface area contributed by atoms with Crippen molar-refractivity contribution in [3.05, 3.63) is 66.9 Å². The molecule has 2 aliphatic rings. The third kappa shape index (κ3) is 4.08. The molecule has 3 aromatic rings. The fourth-order valence-corrected chi connectivity index (χ4v) is 5.23. The molecule has 2 aromatic carbocycles. The van der Waals surface area contributed by atoms with Crippen molar-refractivity contribution in [2.45, 2.75) is 29.3 Å². The van der Waals surface area contributed by atoms with Crippen molar-refractivity contribution < 1.29 is 9.47 Å². The van der Waals surface area contributed by atoms with Gasteiger partial charge < -0.3 is 25.0 Å². The SMILES string of the molecule is COC1CCN(c2cccnc2Oc2ccc(N3c4ccccc4SC3N)cc2)CC1. The maximum atomic E-state index is 6.38. The number of nitrogens with two attached hydrogens (primary N) is 1. The molecule has 160 valence electrons. The average molecular weight is 435 g/mol. The van der Waals surface area contributed by atoms with Gasteiger partial charge in [0, 0.05) is 37.0 Å². The Kier molecular flexibility index (Phi) is 5.72. The Balaban J connectivity index is 1.33. The summed E-state index contributed by atoms with van der Waals surface area (Å²) in [4.78, 5) is 10.2. The number of anilines is 3. The molecule has 0 bridgehead atoms. The predicted octanol–water partition coefficient (Wildman–Crippen LogP) is 4.98. The number of ether oxygens (including phenoxy) is 2. The van der Waals surface area contributed by atoms with Crippen molar-refractivity contribution in [2.24, 2.45) is 5.73 Å². The third-order valence-corrected chi connectivity index (χ3v) is 6.87. The van der Waals surface area contributed by atoms with E-state index < -0.39 is 0 Å². The Morgan fingerprint density at radius 3 is 2.48 bits per heavy atom. The predicted molar refractivity (Wildman–Crippen MR) is 125 cm³/mol. The van der Waals surface area contributed by atoms with Crippen LogP contribution < -0.4 is 20.3 Å². The molecule has 31 heavy (non-hydrogen) atoms. The van der Waals surface area contributed by atoms with Crippen molar-refractivity contribution in [3.63, 3.8) is 0 Å². The minimum absolute atomic E-state index is 0.137. The van der Waals surface area contributed by atoms with Gasteiger partial charge in [-0.1, -0.05) is 23.9 Å². The topological polar surface area (TPSA) is 63.9 Å². The molecule has 0 amide bonds. The summed E-state index contributed by atoms with van der Waals surface area (Å²) in [7, 11) is 1.79. The first-order chi connectivity index (χ1) is 15.2. The van der Waals surface area contributed by atoms with E-state index in [1.807, 2.05) is 42.5 Å². The first kappa shape index (κ1) is 20.2. The first-order valence-corrected chi connectivity index (χ1v) is 11.4. The highest BCUT2D eigenvalue weighted by Crippen LogP contribution is 2.45. The maximum Gasteiger partial charge on any atom is 0.243 e.